The minimum atomic E-state index is -0.615. The Balaban J connectivity index is 1.85. The van der Waals surface area contributed by atoms with Crippen molar-refractivity contribution >= 4 is 46.4 Å². The third-order valence-corrected chi connectivity index (χ3v) is 5.86. The van der Waals surface area contributed by atoms with Gasteiger partial charge in [-0.15, -0.1) is 11.3 Å². The first-order valence-electron chi connectivity index (χ1n) is 9.71. The second-order valence-electron chi connectivity index (χ2n) is 7.41. The fourth-order valence-corrected chi connectivity index (χ4v) is 4.18. The van der Waals surface area contributed by atoms with Crippen LogP contribution in [0.2, 0.25) is 10.0 Å². The van der Waals surface area contributed by atoms with E-state index in [1.165, 1.54) is 6.07 Å². The lowest BCUT2D eigenvalue weighted by Crippen LogP contribution is -2.47. The van der Waals surface area contributed by atoms with Gasteiger partial charge in [0.05, 0.1) is 15.6 Å². The molecule has 0 aliphatic rings. The minimum Gasteiger partial charge on any atom is -0.354 e. The number of halogens is 2. The first kappa shape index (κ1) is 23.6. The van der Waals surface area contributed by atoms with Crippen LogP contribution in [0.4, 0.5) is 0 Å². The van der Waals surface area contributed by atoms with E-state index in [2.05, 4.69) is 15.6 Å². The van der Waals surface area contributed by atoms with Gasteiger partial charge in [-0.05, 0) is 56.7 Å². The molecule has 1 aromatic heterocycles. The van der Waals surface area contributed by atoms with Crippen molar-refractivity contribution in [3.05, 3.63) is 49.9 Å². The van der Waals surface area contributed by atoms with E-state index in [0.29, 0.717) is 23.6 Å². The monoisotopic (exact) mass is 455 g/mol. The van der Waals surface area contributed by atoms with Gasteiger partial charge in [0.2, 0.25) is 5.91 Å². The molecule has 0 bridgehead atoms. The lowest BCUT2D eigenvalue weighted by atomic mass is 10.0. The lowest BCUT2D eigenvalue weighted by Gasteiger charge is -2.20. The summed E-state index contributed by atoms with van der Waals surface area (Å²) >= 11 is 13.7. The second-order valence-corrected chi connectivity index (χ2v) is 9.20. The number of unbranched alkanes of at least 4 members (excludes halogenated alkanes) is 1. The van der Waals surface area contributed by atoms with Crippen molar-refractivity contribution in [2.45, 2.75) is 52.5 Å². The fourth-order valence-electron chi connectivity index (χ4n) is 2.87. The van der Waals surface area contributed by atoms with E-state index in [4.69, 9.17) is 23.2 Å². The first-order valence-corrected chi connectivity index (χ1v) is 11.3. The summed E-state index contributed by atoms with van der Waals surface area (Å²) in [6.45, 7) is 6.57. The van der Waals surface area contributed by atoms with Crippen LogP contribution in [0.3, 0.4) is 0 Å². The molecule has 0 radical (unpaired) electrons. The van der Waals surface area contributed by atoms with Gasteiger partial charge in [0.15, 0.2) is 0 Å². The number of benzene rings is 1. The van der Waals surface area contributed by atoms with E-state index in [9.17, 15) is 9.59 Å². The molecule has 0 saturated heterocycles. The predicted octanol–water partition coefficient (Wildman–Crippen LogP) is 5.04. The van der Waals surface area contributed by atoms with Crippen molar-refractivity contribution in [2.75, 3.05) is 6.54 Å². The average molecular weight is 456 g/mol. The molecule has 158 valence electrons. The SMILES string of the molecule is Cc1csc(CCCCNC(=O)C(CC(C)C)NC(=O)c2ccc(Cl)cc2Cl)n1. The number of nitrogens with zero attached hydrogens (tertiary/aromatic N) is 1. The van der Waals surface area contributed by atoms with Crippen molar-refractivity contribution in [1.29, 1.82) is 0 Å². The Bertz CT molecular complexity index is 839. The standard InChI is InChI=1S/C21H27Cl2N3O2S/c1-13(2)10-18(26-20(27)16-8-7-15(22)11-17(16)23)21(28)24-9-5-4-6-19-25-14(3)12-29-19/h7-8,11-13,18H,4-6,9-10H2,1-3H3,(H,24,28)(H,26,27). The Labute approximate surface area is 186 Å². The summed E-state index contributed by atoms with van der Waals surface area (Å²) in [5.74, 6) is -0.311. The molecule has 0 aliphatic heterocycles. The zero-order chi connectivity index (χ0) is 21.4. The minimum absolute atomic E-state index is 0.178. The molecule has 8 heteroatoms. The molecule has 29 heavy (non-hydrogen) atoms. The van der Waals surface area contributed by atoms with Crippen molar-refractivity contribution in [2.24, 2.45) is 5.92 Å². The number of aryl methyl sites for hydroxylation is 2. The molecule has 1 heterocycles. The summed E-state index contributed by atoms with van der Waals surface area (Å²) in [6, 6.07) is 4.06. The summed E-state index contributed by atoms with van der Waals surface area (Å²) in [6.07, 6.45) is 3.27. The summed E-state index contributed by atoms with van der Waals surface area (Å²) in [4.78, 5) is 29.7. The summed E-state index contributed by atoms with van der Waals surface area (Å²) < 4.78 is 0. The smallest absolute Gasteiger partial charge is 0.253 e. The van der Waals surface area contributed by atoms with Gasteiger partial charge in [0.1, 0.15) is 6.04 Å². The van der Waals surface area contributed by atoms with Gasteiger partial charge in [-0.1, -0.05) is 37.0 Å². The predicted molar refractivity (Wildman–Crippen MR) is 120 cm³/mol. The number of hydrogen-bond donors (Lipinski definition) is 2. The number of amides is 2. The highest BCUT2D eigenvalue weighted by Gasteiger charge is 2.23. The number of rotatable bonds is 10. The molecule has 2 N–H and O–H groups in total. The molecule has 2 aromatic rings. The van der Waals surface area contributed by atoms with Crippen LogP contribution in [0.25, 0.3) is 0 Å². The molecule has 0 fully saturated rings. The van der Waals surface area contributed by atoms with E-state index in [1.54, 1.807) is 23.5 Å². The molecule has 1 atom stereocenters. The van der Waals surface area contributed by atoms with Crippen molar-refractivity contribution in [1.82, 2.24) is 15.6 Å². The zero-order valence-electron chi connectivity index (χ0n) is 16.9. The van der Waals surface area contributed by atoms with Gasteiger partial charge in [-0.3, -0.25) is 9.59 Å². The Morgan fingerprint density at radius 1 is 1.21 bits per heavy atom. The van der Waals surface area contributed by atoms with Gasteiger partial charge >= 0.3 is 0 Å². The van der Waals surface area contributed by atoms with Crippen LogP contribution < -0.4 is 10.6 Å². The van der Waals surface area contributed by atoms with Gasteiger partial charge < -0.3 is 10.6 Å². The van der Waals surface area contributed by atoms with Crippen LogP contribution in [0.5, 0.6) is 0 Å². The molecular weight excluding hydrogens is 429 g/mol. The van der Waals surface area contributed by atoms with Crippen molar-refractivity contribution < 1.29 is 9.59 Å². The number of carbonyl (C=O) groups is 2. The zero-order valence-corrected chi connectivity index (χ0v) is 19.3. The number of hydrogen-bond acceptors (Lipinski definition) is 4. The molecule has 2 amide bonds. The third-order valence-electron chi connectivity index (χ3n) is 4.29. The summed E-state index contributed by atoms with van der Waals surface area (Å²) in [7, 11) is 0. The topological polar surface area (TPSA) is 71.1 Å². The maximum atomic E-state index is 12.6. The van der Waals surface area contributed by atoms with Crippen LogP contribution in [0, 0.1) is 12.8 Å². The molecule has 0 saturated carbocycles. The average Bonchev–Trinajstić information content (AvgIpc) is 3.05. The quantitative estimate of drug-likeness (QED) is 0.492. The molecule has 0 spiro atoms. The molecule has 0 aliphatic carbocycles. The lowest BCUT2D eigenvalue weighted by molar-refractivity contribution is -0.123. The Morgan fingerprint density at radius 2 is 1.97 bits per heavy atom. The second kappa shape index (κ2) is 11.5. The van der Waals surface area contributed by atoms with E-state index in [1.807, 2.05) is 26.2 Å². The van der Waals surface area contributed by atoms with Crippen LogP contribution in [0.15, 0.2) is 23.6 Å². The fraction of sp³-hybridized carbons (Fsp3) is 0.476. The normalized spacial score (nSPS) is 12.1. The highest BCUT2D eigenvalue weighted by Crippen LogP contribution is 2.21. The molecule has 5 nitrogen and oxygen atoms in total. The van der Waals surface area contributed by atoms with Crippen LogP contribution in [-0.2, 0) is 11.2 Å². The molecule has 2 rings (SSSR count). The Morgan fingerprint density at radius 3 is 2.59 bits per heavy atom. The number of nitrogens with one attached hydrogen (secondary N) is 2. The highest BCUT2D eigenvalue weighted by atomic mass is 35.5. The van der Waals surface area contributed by atoms with E-state index < -0.39 is 6.04 Å². The van der Waals surface area contributed by atoms with Crippen molar-refractivity contribution in [3.63, 3.8) is 0 Å². The highest BCUT2D eigenvalue weighted by molar-refractivity contribution is 7.09. The largest absolute Gasteiger partial charge is 0.354 e. The van der Waals surface area contributed by atoms with E-state index >= 15 is 0 Å². The Hall–Kier alpha value is -1.63. The Kier molecular flexibility index (Phi) is 9.40. The van der Waals surface area contributed by atoms with Crippen LogP contribution in [-0.4, -0.2) is 29.4 Å². The maximum absolute atomic E-state index is 12.6. The molecule has 1 unspecified atom stereocenters. The summed E-state index contributed by atoms with van der Waals surface area (Å²) in [5.41, 5.74) is 1.35. The van der Waals surface area contributed by atoms with Gasteiger partial charge in [-0.25, -0.2) is 4.98 Å². The van der Waals surface area contributed by atoms with Gasteiger partial charge in [0.25, 0.3) is 5.91 Å². The number of thiazole rings is 1. The third kappa shape index (κ3) is 7.96. The van der Waals surface area contributed by atoms with Gasteiger partial charge in [-0.2, -0.15) is 0 Å². The first-order chi connectivity index (χ1) is 13.8. The maximum Gasteiger partial charge on any atom is 0.253 e. The van der Waals surface area contributed by atoms with Gasteiger partial charge in [0, 0.05) is 22.6 Å². The molecular formula is C21H27Cl2N3O2S. The van der Waals surface area contributed by atoms with Crippen LogP contribution in [0.1, 0.15) is 54.2 Å². The van der Waals surface area contributed by atoms with E-state index in [0.717, 1.165) is 30.0 Å². The number of aromatic nitrogens is 1. The summed E-state index contributed by atoms with van der Waals surface area (Å²) in [5, 5.41) is 9.63. The molecule has 1 aromatic carbocycles. The van der Waals surface area contributed by atoms with E-state index in [-0.39, 0.29) is 22.8 Å². The number of carbonyl (C=O) groups excluding carboxylic acids is 2. The van der Waals surface area contributed by atoms with Crippen LogP contribution >= 0.6 is 34.5 Å². The van der Waals surface area contributed by atoms with Crippen molar-refractivity contribution in [3.8, 4) is 0 Å².